The Kier molecular flexibility index (Phi) is 6.19. The van der Waals surface area contributed by atoms with Gasteiger partial charge in [-0.05, 0) is 37.3 Å². The Morgan fingerprint density at radius 3 is 2.33 bits per heavy atom. The summed E-state index contributed by atoms with van der Waals surface area (Å²) in [7, 11) is 0. The highest BCUT2D eigenvalue weighted by molar-refractivity contribution is 5.92. The molecule has 6 heteroatoms. The van der Waals surface area contributed by atoms with Crippen molar-refractivity contribution >= 4 is 23.3 Å². The Morgan fingerprint density at radius 2 is 1.67 bits per heavy atom. The fraction of sp³-hybridized carbons (Fsp3) is 0.222. The maximum Gasteiger partial charge on any atom is 0.319 e. The Morgan fingerprint density at radius 1 is 1.00 bits per heavy atom. The molecule has 3 amide bonds. The smallest absolute Gasteiger partial charge is 0.319 e. The predicted molar refractivity (Wildman–Crippen MR) is 94.4 cm³/mol. The van der Waals surface area contributed by atoms with E-state index in [4.69, 9.17) is 4.74 Å². The second-order valence-corrected chi connectivity index (χ2v) is 5.30. The van der Waals surface area contributed by atoms with E-state index in [2.05, 4.69) is 16.0 Å². The van der Waals surface area contributed by atoms with Gasteiger partial charge in [-0.3, -0.25) is 4.79 Å². The number of carbonyl (C=O) groups excluding carboxylic acids is 2. The van der Waals surface area contributed by atoms with E-state index in [1.165, 1.54) is 12.5 Å². The molecule has 2 rings (SSSR count). The topological polar surface area (TPSA) is 79.5 Å². The van der Waals surface area contributed by atoms with Crippen LogP contribution in [0.4, 0.5) is 16.2 Å². The standard InChI is InChI=1S/C18H21N3O3/c1-13-6-8-17(9-7-13)24-11-10-19-18(23)21-16-5-3-4-15(12-16)20-14(2)22/h3-9,12H,10-11H2,1-2H3,(H,20,22)(H2,19,21,23). The van der Waals surface area contributed by atoms with E-state index in [1.807, 2.05) is 31.2 Å². The number of amides is 3. The van der Waals surface area contributed by atoms with E-state index >= 15 is 0 Å². The van der Waals surface area contributed by atoms with E-state index in [-0.39, 0.29) is 11.9 Å². The predicted octanol–water partition coefficient (Wildman–Crippen LogP) is 3.15. The first-order valence-electron chi connectivity index (χ1n) is 7.65. The number of nitrogens with one attached hydrogen (secondary N) is 3. The summed E-state index contributed by atoms with van der Waals surface area (Å²) < 4.78 is 5.53. The number of aryl methyl sites for hydroxylation is 1. The van der Waals surface area contributed by atoms with E-state index in [1.54, 1.807) is 24.3 Å². The monoisotopic (exact) mass is 327 g/mol. The van der Waals surface area contributed by atoms with Crippen molar-refractivity contribution in [2.45, 2.75) is 13.8 Å². The van der Waals surface area contributed by atoms with Crippen LogP contribution in [-0.2, 0) is 4.79 Å². The van der Waals surface area contributed by atoms with E-state index in [0.717, 1.165) is 5.75 Å². The van der Waals surface area contributed by atoms with Gasteiger partial charge < -0.3 is 20.7 Å². The third-order valence-corrected chi connectivity index (χ3v) is 3.12. The summed E-state index contributed by atoms with van der Waals surface area (Å²) in [5, 5.41) is 8.08. The lowest BCUT2D eigenvalue weighted by Crippen LogP contribution is -2.32. The number of hydrogen-bond donors (Lipinski definition) is 3. The van der Waals surface area contributed by atoms with Crippen LogP contribution in [0.3, 0.4) is 0 Å². The molecule has 2 aromatic carbocycles. The number of carbonyl (C=O) groups is 2. The molecule has 0 spiro atoms. The highest BCUT2D eigenvalue weighted by Gasteiger charge is 2.03. The normalized spacial score (nSPS) is 9.92. The van der Waals surface area contributed by atoms with Crippen LogP contribution in [0.25, 0.3) is 0 Å². The summed E-state index contributed by atoms with van der Waals surface area (Å²) in [6.45, 7) is 4.20. The van der Waals surface area contributed by atoms with Gasteiger partial charge in [0.25, 0.3) is 0 Å². The zero-order chi connectivity index (χ0) is 17.4. The van der Waals surface area contributed by atoms with Crippen molar-refractivity contribution in [1.29, 1.82) is 0 Å². The number of anilines is 2. The van der Waals surface area contributed by atoms with Crippen LogP contribution < -0.4 is 20.7 Å². The van der Waals surface area contributed by atoms with Gasteiger partial charge in [0, 0.05) is 18.3 Å². The van der Waals surface area contributed by atoms with Gasteiger partial charge in [-0.15, -0.1) is 0 Å². The van der Waals surface area contributed by atoms with E-state index in [0.29, 0.717) is 24.5 Å². The fourth-order valence-corrected chi connectivity index (χ4v) is 2.02. The van der Waals surface area contributed by atoms with Gasteiger partial charge in [0.15, 0.2) is 0 Å². The third-order valence-electron chi connectivity index (χ3n) is 3.12. The Labute approximate surface area is 141 Å². The molecule has 24 heavy (non-hydrogen) atoms. The van der Waals surface area contributed by atoms with Gasteiger partial charge in [-0.25, -0.2) is 4.79 Å². The van der Waals surface area contributed by atoms with Crippen LogP contribution in [-0.4, -0.2) is 25.1 Å². The molecule has 0 saturated carbocycles. The summed E-state index contributed by atoms with van der Waals surface area (Å²) in [4.78, 5) is 22.9. The van der Waals surface area contributed by atoms with Crippen molar-refractivity contribution in [3.05, 3.63) is 54.1 Å². The minimum Gasteiger partial charge on any atom is -0.492 e. The van der Waals surface area contributed by atoms with E-state index < -0.39 is 0 Å². The molecular weight excluding hydrogens is 306 g/mol. The third kappa shape index (κ3) is 6.00. The molecule has 0 heterocycles. The lowest BCUT2D eigenvalue weighted by molar-refractivity contribution is -0.114. The van der Waals surface area contributed by atoms with Crippen molar-refractivity contribution in [3.63, 3.8) is 0 Å². The summed E-state index contributed by atoms with van der Waals surface area (Å²) in [5.41, 5.74) is 2.39. The molecule has 0 fully saturated rings. The summed E-state index contributed by atoms with van der Waals surface area (Å²) >= 11 is 0. The molecule has 0 aliphatic carbocycles. The molecule has 0 aliphatic rings. The first-order chi connectivity index (χ1) is 11.5. The van der Waals surface area contributed by atoms with Crippen molar-refractivity contribution in [1.82, 2.24) is 5.32 Å². The lowest BCUT2D eigenvalue weighted by atomic mass is 10.2. The SMILES string of the molecule is CC(=O)Nc1cccc(NC(=O)NCCOc2ccc(C)cc2)c1. The summed E-state index contributed by atoms with van der Waals surface area (Å²) in [6, 6.07) is 14.3. The van der Waals surface area contributed by atoms with Gasteiger partial charge in [0.1, 0.15) is 12.4 Å². The van der Waals surface area contributed by atoms with Gasteiger partial charge >= 0.3 is 6.03 Å². The summed E-state index contributed by atoms with van der Waals surface area (Å²) in [6.07, 6.45) is 0. The van der Waals surface area contributed by atoms with Crippen molar-refractivity contribution in [2.75, 3.05) is 23.8 Å². The molecule has 126 valence electrons. The quantitative estimate of drug-likeness (QED) is 0.713. The Bertz CT molecular complexity index is 699. The van der Waals surface area contributed by atoms with Crippen LogP contribution in [0.1, 0.15) is 12.5 Å². The van der Waals surface area contributed by atoms with Crippen molar-refractivity contribution in [2.24, 2.45) is 0 Å². The molecule has 0 bridgehead atoms. The average molecular weight is 327 g/mol. The molecule has 0 aliphatic heterocycles. The minimum atomic E-state index is -0.331. The Balaban J connectivity index is 1.73. The lowest BCUT2D eigenvalue weighted by Gasteiger charge is -2.10. The molecule has 0 unspecified atom stereocenters. The first-order valence-corrected chi connectivity index (χ1v) is 7.65. The second kappa shape index (κ2) is 8.57. The summed E-state index contributed by atoms with van der Waals surface area (Å²) in [5.74, 6) is 0.607. The zero-order valence-electron chi connectivity index (χ0n) is 13.8. The number of hydrogen-bond acceptors (Lipinski definition) is 3. The largest absolute Gasteiger partial charge is 0.492 e. The Hall–Kier alpha value is -3.02. The highest BCUT2D eigenvalue weighted by Crippen LogP contribution is 2.15. The molecule has 0 saturated heterocycles. The number of urea groups is 1. The average Bonchev–Trinajstić information content (AvgIpc) is 2.53. The molecule has 3 N–H and O–H groups in total. The number of rotatable bonds is 6. The van der Waals surface area contributed by atoms with Crippen LogP contribution in [0.2, 0.25) is 0 Å². The fourth-order valence-electron chi connectivity index (χ4n) is 2.02. The molecule has 0 aromatic heterocycles. The van der Waals surface area contributed by atoms with Gasteiger partial charge in [-0.1, -0.05) is 23.8 Å². The molecule has 0 radical (unpaired) electrons. The molecule has 0 atom stereocenters. The van der Waals surface area contributed by atoms with Gasteiger partial charge in [-0.2, -0.15) is 0 Å². The maximum absolute atomic E-state index is 11.8. The maximum atomic E-state index is 11.8. The van der Waals surface area contributed by atoms with E-state index in [9.17, 15) is 9.59 Å². The van der Waals surface area contributed by atoms with Gasteiger partial charge in [0.2, 0.25) is 5.91 Å². The zero-order valence-corrected chi connectivity index (χ0v) is 13.8. The number of benzene rings is 2. The second-order valence-electron chi connectivity index (χ2n) is 5.30. The van der Waals surface area contributed by atoms with Crippen LogP contribution in [0, 0.1) is 6.92 Å². The molecule has 6 nitrogen and oxygen atoms in total. The van der Waals surface area contributed by atoms with Crippen LogP contribution in [0.15, 0.2) is 48.5 Å². The minimum absolute atomic E-state index is 0.162. The molecule has 2 aromatic rings. The van der Waals surface area contributed by atoms with Crippen LogP contribution >= 0.6 is 0 Å². The van der Waals surface area contributed by atoms with Crippen molar-refractivity contribution in [3.8, 4) is 5.75 Å². The molecular formula is C18H21N3O3. The van der Waals surface area contributed by atoms with Gasteiger partial charge in [0.05, 0.1) is 6.54 Å². The number of ether oxygens (including phenoxy) is 1. The highest BCUT2D eigenvalue weighted by atomic mass is 16.5. The van der Waals surface area contributed by atoms with Crippen molar-refractivity contribution < 1.29 is 14.3 Å². The van der Waals surface area contributed by atoms with Crippen LogP contribution in [0.5, 0.6) is 5.75 Å². The first kappa shape index (κ1) is 17.3.